The summed E-state index contributed by atoms with van der Waals surface area (Å²) < 4.78 is 0. The van der Waals surface area contributed by atoms with E-state index in [0.29, 0.717) is 29.6 Å². The Labute approximate surface area is 170 Å². The normalized spacial score (nSPS) is 10.7. The van der Waals surface area contributed by atoms with Gasteiger partial charge in [-0.2, -0.15) is 0 Å². The second-order valence-corrected chi connectivity index (χ2v) is 7.22. The van der Waals surface area contributed by atoms with E-state index in [4.69, 9.17) is 11.6 Å². The third-order valence-corrected chi connectivity index (χ3v) is 4.59. The minimum atomic E-state index is -0.0805. The summed E-state index contributed by atoms with van der Waals surface area (Å²) in [5.74, 6) is 0.397. The highest BCUT2D eigenvalue weighted by molar-refractivity contribution is 6.30. The van der Waals surface area contributed by atoms with Crippen LogP contribution in [-0.4, -0.2) is 26.8 Å². The van der Waals surface area contributed by atoms with Gasteiger partial charge in [0.15, 0.2) is 0 Å². The fourth-order valence-electron chi connectivity index (χ4n) is 2.75. The average Bonchev–Trinajstić information content (AvgIpc) is 2.72. The Balaban J connectivity index is 1.65. The number of hydrogen-bond acceptors (Lipinski definition) is 4. The van der Waals surface area contributed by atoms with E-state index in [1.165, 1.54) is 0 Å². The molecule has 1 heterocycles. The zero-order valence-electron chi connectivity index (χ0n) is 16.0. The maximum atomic E-state index is 12.9. The van der Waals surface area contributed by atoms with Crippen LogP contribution in [0.15, 0.2) is 67.0 Å². The molecule has 0 unspecified atom stereocenters. The summed E-state index contributed by atoms with van der Waals surface area (Å²) in [5.41, 5.74) is 2.63. The summed E-state index contributed by atoms with van der Waals surface area (Å²) in [6, 6.07) is 17.6. The van der Waals surface area contributed by atoms with Crippen molar-refractivity contribution in [1.82, 2.24) is 14.9 Å². The van der Waals surface area contributed by atoms with Crippen LogP contribution >= 0.6 is 11.6 Å². The Morgan fingerprint density at radius 1 is 1.00 bits per heavy atom. The predicted molar refractivity (Wildman–Crippen MR) is 112 cm³/mol. The molecular formula is C22H23ClN4O. The van der Waals surface area contributed by atoms with Gasteiger partial charge in [-0.1, -0.05) is 54.1 Å². The van der Waals surface area contributed by atoms with Gasteiger partial charge >= 0.3 is 0 Å². The summed E-state index contributed by atoms with van der Waals surface area (Å²) in [5, 5.41) is 3.85. The fraction of sp³-hybridized carbons (Fsp3) is 0.227. The second kappa shape index (κ2) is 9.33. The Kier molecular flexibility index (Phi) is 6.61. The van der Waals surface area contributed by atoms with Gasteiger partial charge in [-0.15, -0.1) is 0 Å². The minimum absolute atomic E-state index is 0.0652. The smallest absolute Gasteiger partial charge is 0.257 e. The molecule has 0 spiro atoms. The summed E-state index contributed by atoms with van der Waals surface area (Å²) >= 11 is 5.89. The van der Waals surface area contributed by atoms with Crippen molar-refractivity contribution < 1.29 is 4.79 Å². The molecule has 0 bridgehead atoms. The average molecular weight is 395 g/mol. The third-order valence-electron chi connectivity index (χ3n) is 4.34. The lowest BCUT2D eigenvalue weighted by atomic mass is 10.1. The summed E-state index contributed by atoms with van der Waals surface area (Å²) in [6.07, 6.45) is 3.14. The lowest BCUT2D eigenvalue weighted by molar-refractivity contribution is 0.0689. The first-order valence-electron chi connectivity index (χ1n) is 9.18. The van der Waals surface area contributed by atoms with E-state index in [2.05, 4.69) is 15.3 Å². The summed E-state index contributed by atoms with van der Waals surface area (Å²) in [7, 11) is 0. The van der Waals surface area contributed by atoms with E-state index < -0.39 is 0 Å². The lowest BCUT2D eigenvalue weighted by Gasteiger charge is -2.26. The van der Waals surface area contributed by atoms with Crippen LogP contribution in [0.4, 0.5) is 5.95 Å². The van der Waals surface area contributed by atoms with E-state index in [-0.39, 0.29) is 11.9 Å². The van der Waals surface area contributed by atoms with E-state index >= 15 is 0 Å². The molecule has 0 radical (unpaired) electrons. The Hall–Kier alpha value is -2.92. The zero-order valence-corrected chi connectivity index (χ0v) is 16.7. The third kappa shape index (κ3) is 5.30. The number of amides is 1. The first kappa shape index (κ1) is 19.8. The lowest BCUT2D eigenvalue weighted by Crippen LogP contribution is -2.36. The van der Waals surface area contributed by atoms with Crippen LogP contribution in [-0.2, 0) is 13.1 Å². The van der Waals surface area contributed by atoms with Crippen LogP contribution in [0.1, 0.15) is 35.3 Å². The molecule has 1 N–H and O–H groups in total. The number of carbonyl (C=O) groups excluding carboxylic acids is 1. The van der Waals surface area contributed by atoms with Crippen LogP contribution < -0.4 is 5.32 Å². The molecule has 3 rings (SSSR count). The maximum Gasteiger partial charge on any atom is 0.257 e. The molecule has 28 heavy (non-hydrogen) atoms. The summed E-state index contributed by atoms with van der Waals surface area (Å²) in [4.78, 5) is 23.3. The number of benzene rings is 2. The van der Waals surface area contributed by atoms with Crippen molar-refractivity contribution in [3.05, 3.63) is 88.7 Å². The molecule has 3 aromatic rings. The number of aromatic nitrogens is 2. The highest BCUT2D eigenvalue weighted by Gasteiger charge is 2.19. The van der Waals surface area contributed by atoms with Crippen LogP contribution in [0.2, 0.25) is 5.02 Å². The molecule has 2 aromatic carbocycles. The van der Waals surface area contributed by atoms with Gasteiger partial charge in [0.1, 0.15) is 0 Å². The van der Waals surface area contributed by atoms with Crippen molar-refractivity contribution in [3.8, 4) is 0 Å². The molecule has 1 amide bonds. The number of hydrogen-bond donors (Lipinski definition) is 1. The Morgan fingerprint density at radius 2 is 1.64 bits per heavy atom. The molecule has 6 heteroatoms. The van der Waals surface area contributed by atoms with Gasteiger partial charge < -0.3 is 10.2 Å². The molecule has 144 valence electrons. The Morgan fingerprint density at radius 3 is 2.25 bits per heavy atom. The zero-order chi connectivity index (χ0) is 19.9. The van der Waals surface area contributed by atoms with E-state index in [0.717, 1.165) is 11.1 Å². The van der Waals surface area contributed by atoms with Crippen LogP contribution in [0.25, 0.3) is 0 Å². The molecule has 0 aliphatic carbocycles. The van der Waals surface area contributed by atoms with Crippen LogP contribution in [0.3, 0.4) is 0 Å². The van der Waals surface area contributed by atoms with Gasteiger partial charge in [0, 0.05) is 36.5 Å². The van der Waals surface area contributed by atoms with Gasteiger partial charge in [0.2, 0.25) is 5.95 Å². The predicted octanol–water partition coefficient (Wildman–Crippen LogP) is 4.79. The van der Waals surface area contributed by atoms with Crippen molar-refractivity contribution >= 4 is 23.5 Å². The highest BCUT2D eigenvalue weighted by Crippen LogP contribution is 2.14. The SMILES string of the molecule is CC(C)N(Cc1ccccc1)C(=O)c1cnc(NCc2ccc(Cl)cc2)nc1. The van der Waals surface area contributed by atoms with Gasteiger partial charge in [-0.3, -0.25) is 4.79 Å². The van der Waals surface area contributed by atoms with E-state index in [1.807, 2.05) is 73.3 Å². The monoisotopic (exact) mass is 394 g/mol. The molecule has 0 atom stereocenters. The topological polar surface area (TPSA) is 58.1 Å². The number of nitrogens with one attached hydrogen (secondary N) is 1. The first-order chi connectivity index (χ1) is 13.5. The number of rotatable bonds is 7. The van der Waals surface area contributed by atoms with E-state index in [1.54, 1.807) is 12.4 Å². The molecule has 0 saturated heterocycles. The van der Waals surface area contributed by atoms with Crippen molar-refractivity contribution in [2.24, 2.45) is 0 Å². The molecular weight excluding hydrogens is 372 g/mol. The van der Waals surface area contributed by atoms with Crippen molar-refractivity contribution in [2.75, 3.05) is 5.32 Å². The Bertz CT molecular complexity index is 896. The molecule has 0 saturated carbocycles. The van der Waals surface area contributed by atoms with Gasteiger partial charge in [-0.25, -0.2) is 9.97 Å². The first-order valence-corrected chi connectivity index (χ1v) is 9.56. The van der Waals surface area contributed by atoms with Gasteiger partial charge in [-0.05, 0) is 37.1 Å². The quantitative estimate of drug-likeness (QED) is 0.625. The van der Waals surface area contributed by atoms with Crippen molar-refractivity contribution in [1.29, 1.82) is 0 Å². The largest absolute Gasteiger partial charge is 0.350 e. The van der Waals surface area contributed by atoms with E-state index in [9.17, 15) is 4.79 Å². The fourth-order valence-corrected chi connectivity index (χ4v) is 2.87. The van der Waals surface area contributed by atoms with Crippen molar-refractivity contribution in [2.45, 2.75) is 33.0 Å². The molecule has 5 nitrogen and oxygen atoms in total. The molecule has 1 aromatic heterocycles. The highest BCUT2D eigenvalue weighted by atomic mass is 35.5. The number of halogens is 1. The molecule has 0 aliphatic heterocycles. The standard InChI is InChI=1S/C22H23ClN4O/c1-16(2)27(15-18-6-4-3-5-7-18)21(28)19-13-25-22(26-14-19)24-12-17-8-10-20(23)11-9-17/h3-11,13-14,16H,12,15H2,1-2H3,(H,24,25,26). The van der Waals surface area contributed by atoms with Gasteiger partial charge in [0.05, 0.1) is 5.56 Å². The van der Waals surface area contributed by atoms with Crippen molar-refractivity contribution in [3.63, 3.8) is 0 Å². The number of nitrogens with zero attached hydrogens (tertiary/aromatic N) is 3. The molecule has 0 aliphatic rings. The second-order valence-electron chi connectivity index (χ2n) is 6.79. The molecule has 0 fully saturated rings. The maximum absolute atomic E-state index is 12.9. The minimum Gasteiger partial charge on any atom is -0.350 e. The summed E-state index contributed by atoms with van der Waals surface area (Å²) in [6.45, 7) is 5.14. The van der Waals surface area contributed by atoms with Crippen LogP contribution in [0, 0.1) is 0 Å². The van der Waals surface area contributed by atoms with Gasteiger partial charge in [0.25, 0.3) is 5.91 Å². The number of carbonyl (C=O) groups is 1. The van der Waals surface area contributed by atoms with Crippen LogP contribution in [0.5, 0.6) is 0 Å². The number of anilines is 1.